The summed E-state index contributed by atoms with van der Waals surface area (Å²) in [5, 5.41) is 2.82. The molecule has 3 rings (SSSR count). The van der Waals surface area contributed by atoms with Gasteiger partial charge in [0.05, 0.1) is 6.10 Å². The third-order valence-corrected chi connectivity index (χ3v) is 3.98. The van der Waals surface area contributed by atoms with Crippen molar-refractivity contribution in [1.82, 2.24) is 10.3 Å². The number of pyridine rings is 1. The number of nitrogens with two attached hydrogens (primary N) is 1. The number of amides is 1. The highest BCUT2D eigenvalue weighted by Gasteiger charge is 2.29. The van der Waals surface area contributed by atoms with Crippen LogP contribution < -0.4 is 15.8 Å². The van der Waals surface area contributed by atoms with Crippen molar-refractivity contribution in [2.75, 3.05) is 6.54 Å². The van der Waals surface area contributed by atoms with E-state index in [-0.39, 0.29) is 18.6 Å². The average Bonchev–Trinajstić information content (AvgIpc) is 3.10. The van der Waals surface area contributed by atoms with Crippen LogP contribution >= 0.6 is 0 Å². The zero-order valence-electron chi connectivity index (χ0n) is 13.7. The van der Waals surface area contributed by atoms with E-state index in [2.05, 4.69) is 10.3 Å². The molecule has 7 heteroatoms. The van der Waals surface area contributed by atoms with Gasteiger partial charge < -0.3 is 20.5 Å². The van der Waals surface area contributed by atoms with Crippen molar-refractivity contribution in [3.05, 3.63) is 54.0 Å². The fourth-order valence-corrected chi connectivity index (χ4v) is 2.66. The summed E-state index contributed by atoms with van der Waals surface area (Å²) < 4.78 is 24.5. The molecule has 1 aliphatic heterocycles. The number of hydrogen-bond donors (Lipinski definition) is 2. The van der Waals surface area contributed by atoms with Gasteiger partial charge in [-0.05, 0) is 31.0 Å². The zero-order chi connectivity index (χ0) is 17.6. The second kappa shape index (κ2) is 8.04. The van der Waals surface area contributed by atoms with E-state index in [4.69, 9.17) is 15.2 Å². The minimum absolute atomic E-state index is 0.0546. The van der Waals surface area contributed by atoms with Gasteiger partial charge in [-0.3, -0.25) is 4.79 Å². The molecule has 2 aromatic rings. The van der Waals surface area contributed by atoms with Crippen molar-refractivity contribution >= 4 is 5.91 Å². The third-order valence-electron chi connectivity index (χ3n) is 3.98. The minimum Gasteiger partial charge on any atom is -0.439 e. The molecule has 6 nitrogen and oxygen atoms in total. The smallest absolute Gasteiger partial charge is 0.249 e. The van der Waals surface area contributed by atoms with Crippen molar-refractivity contribution in [2.45, 2.75) is 31.6 Å². The van der Waals surface area contributed by atoms with Crippen LogP contribution in [0.2, 0.25) is 0 Å². The molecule has 3 N–H and O–H groups in total. The Morgan fingerprint density at radius 3 is 3.00 bits per heavy atom. The standard InChI is InChI=1S/C18H20FN3O3/c19-13-4-1-5-14(9-13)25-18-12(3-2-8-21-18)11-22-17(23)16-7-6-15(10-20)24-16/h1-5,8-9,15-16H,6-7,10-11,20H2,(H,22,23)/t15-,16+/m1/s1. The maximum atomic E-state index is 13.3. The molecule has 0 unspecified atom stereocenters. The molecule has 2 heterocycles. The van der Waals surface area contributed by atoms with E-state index >= 15 is 0 Å². The number of nitrogens with zero attached hydrogens (tertiary/aromatic N) is 1. The molecule has 0 radical (unpaired) electrons. The molecule has 0 saturated carbocycles. The summed E-state index contributed by atoms with van der Waals surface area (Å²) in [5.74, 6) is 0.0874. The second-order valence-corrected chi connectivity index (χ2v) is 5.80. The van der Waals surface area contributed by atoms with Gasteiger partial charge in [0.2, 0.25) is 11.8 Å². The van der Waals surface area contributed by atoms with E-state index < -0.39 is 11.9 Å². The number of nitrogens with one attached hydrogen (secondary N) is 1. The van der Waals surface area contributed by atoms with Crippen LogP contribution in [0, 0.1) is 5.82 Å². The van der Waals surface area contributed by atoms with E-state index in [1.165, 1.54) is 12.1 Å². The van der Waals surface area contributed by atoms with Crippen molar-refractivity contribution in [2.24, 2.45) is 5.73 Å². The molecule has 1 fully saturated rings. The highest BCUT2D eigenvalue weighted by molar-refractivity contribution is 5.81. The zero-order valence-corrected chi connectivity index (χ0v) is 13.7. The van der Waals surface area contributed by atoms with Crippen LogP contribution in [0.4, 0.5) is 4.39 Å². The first-order valence-electron chi connectivity index (χ1n) is 8.16. The molecule has 25 heavy (non-hydrogen) atoms. The summed E-state index contributed by atoms with van der Waals surface area (Å²) >= 11 is 0. The Kier molecular flexibility index (Phi) is 5.57. The summed E-state index contributed by atoms with van der Waals surface area (Å²) in [5.41, 5.74) is 6.25. The number of ether oxygens (including phenoxy) is 2. The summed E-state index contributed by atoms with van der Waals surface area (Å²) in [6.07, 6.45) is 2.49. The van der Waals surface area contributed by atoms with Gasteiger partial charge in [0.1, 0.15) is 17.7 Å². The maximum absolute atomic E-state index is 13.3. The van der Waals surface area contributed by atoms with Crippen molar-refractivity contribution in [3.63, 3.8) is 0 Å². The maximum Gasteiger partial charge on any atom is 0.249 e. The molecule has 1 amide bonds. The first kappa shape index (κ1) is 17.3. The van der Waals surface area contributed by atoms with Crippen LogP contribution in [0.3, 0.4) is 0 Å². The Labute approximate surface area is 145 Å². The molecular formula is C18H20FN3O3. The molecule has 1 aromatic heterocycles. The van der Waals surface area contributed by atoms with E-state index in [9.17, 15) is 9.18 Å². The van der Waals surface area contributed by atoms with Crippen LogP contribution in [0.1, 0.15) is 18.4 Å². The van der Waals surface area contributed by atoms with Gasteiger partial charge in [-0.25, -0.2) is 9.37 Å². The minimum atomic E-state index is -0.474. The van der Waals surface area contributed by atoms with Gasteiger partial charge >= 0.3 is 0 Å². The molecule has 0 aliphatic carbocycles. The molecule has 2 atom stereocenters. The Morgan fingerprint density at radius 1 is 1.36 bits per heavy atom. The van der Waals surface area contributed by atoms with Crippen LogP contribution in [0.15, 0.2) is 42.6 Å². The van der Waals surface area contributed by atoms with Gasteiger partial charge in [0.15, 0.2) is 0 Å². The lowest BCUT2D eigenvalue weighted by Crippen LogP contribution is -2.35. The molecule has 1 aromatic carbocycles. The number of rotatable bonds is 6. The summed E-state index contributed by atoms with van der Waals surface area (Å²) in [4.78, 5) is 16.4. The number of carbonyl (C=O) groups excluding carboxylic acids is 1. The molecule has 132 valence electrons. The SMILES string of the molecule is NC[C@H]1CC[C@@H](C(=O)NCc2cccnc2Oc2cccc(F)c2)O1. The van der Waals surface area contributed by atoms with Crippen LogP contribution in [-0.4, -0.2) is 29.6 Å². The number of hydrogen-bond acceptors (Lipinski definition) is 5. The Hall–Kier alpha value is -2.51. The summed E-state index contributed by atoms with van der Waals surface area (Å²) in [6, 6.07) is 9.34. The van der Waals surface area contributed by atoms with Gasteiger partial charge in [0, 0.05) is 30.9 Å². The van der Waals surface area contributed by atoms with Gasteiger partial charge in [-0.15, -0.1) is 0 Å². The predicted octanol–water partition coefficient (Wildman–Crippen LogP) is 2.14. The molecule has 1 saturated heterocycles. The quantitative estimate of drug-likeness (QED) is 0.838. The van der Waals surface area contributed by atoms with E-state index in [0.717, 1.165) is 6.42 Å². The summed E-state index contributed by atoms with van der Waals surface area (Å²) in [7, 11) is 0. The number of benzene rings is 1. The van der Waals surface area contributed by atoms with Crippen LogP contribution in [0.25, 0.3) is 0 Å². The lowest BCUT2D eigenvalue weighted by atomic mass is 10.2. The van der Waals surface area contributed by atoms with Crippen LogP contribution in [0.5, 0.6) is 11.6 Å². The van der Waals surface area contributed by atoms with E-state index in [1.807, 2.05) is 0 Å². The first-order valence-corrected chi connectivity index (χ1v) is 8.16. The highest BCUT2D eigenvalue weighted by atomic mass is 19.1. The van der Waals surface area contributed by atoms with Crippen molar-refractivity contribution in [3.8, 4) is 11.6 Å². The first-order chi connectivity index (χ1) is 12.2. The topological polar surface area (TPSA) is 86.5 Å². The van der Waals surface area contributed by atoms with Crippen molar-refractivity contribution < 1.29 is 18.7 Å². The fraction of sp³-hybridized carbons (Fsp3) is 0.333. The third kappa shape index (κ3) is 4.52. The largest absolute Gasteiger partial charge is 0.439 e. The predicted molar refractivity (Wildman–Crippen MR) is 89.5 cm³/mol. The van der Waals surface area contributed by atoms with Crippen molar-refractivity contribution in [1.29, 1.82) is 0 Å². The van der Waals surface area contributed by atoms with Crippen LogP contribution in [-0.2, 0) is 16.1 Å². The lowest BCUT2D eigenvalue weighted by Gasteiger charge is -2.14. The Morgan fingerprint density at radius 2 is 2.24 bits per heavy atom. The lowest BCUT2D eigenvalue weighted by molar-refractivity contribution is -0.132. The average molecular weight is 345 g/mol. The number of aromatic nitrogens is 1. The number of halogens is 1. The Bertz CT molecular complexity index is 741. The molecular weight excluding hydrogens is 325 g/mol. The second-order valence-electron chi connectivity index (χ2n) is 5.80. The summed E-state index contributed by atoms with van der Waals surface area (Å²) in [6.45, 7) is 0.655. The fourth-order valence-electron chi connectivity index (χ4n) is 2.66. The Balaban J connectivity index is 1.62. The molecule has 0 bridgehead atoms. The van der Waals surface area contributed by atoms with E-state index in [1.54, 1.807) is 30.5 Å². The van der Waals surface area contributed by atoms with E-state index in [0.29, 0.717) is 30.2 Å². The van der Waals surface area contributed by atoms with Gasteiger partial charge in [0.25, 0.3) is 0 Å². The number of carbonyl (C=O) groups is 1. The molecule has 1 aliphatic rings. The van der Waals surface area contributed by atoms with Gasteiger partial charge in [-0.1, -0.05) is 12.1 Å². The monoisotopic (exact) mass is 345 g/mol. The molecule has 0 spiro atoms. The normalized spacial score (nSPS) is 19.6. The van der Waals surface area contributed by atoms with Gasteiger partial charge in [-0.2, -0.15) is 0 Å². The highest BCUT2D eigenvalue weighted by Crippen LogP contribution is 2.24.